The summed E-state index contributed by atoms with van der Waals surface area (Å²) in [6.45, 7) is 0. The van der Waals surface area contributed by atoms with Gasteiger partial charge in [0.15, 0.2) is 0 Å². The maximum atomic E-state index is 2.46. The molecule has 0 saturated heterocycles. The molecule has 0 aliphatic rings. The largest absolute Gasteiger partial charge is 0.309 e. The van der Waals surface area contributed by atoms with Crippen LogP contribution in [0.25, 0.3) is 109 Å². The fourth-order valence-electron chi connectivity index (χ4n) is 9.04. The third-order valence-corrected chi connectivity index (χ3v) is 13.0. The van der Waals surface area contributed by atoms with Crippen molar-refractivity contribution in [1.29, 1.82) is 0 Å². The van der Waals surface area contributed by atoms with E-state index in [0.717, 1.165) is 5.69 Å². The summed E-state index contributed by atoms with van der Waals surface area (Å²) in [4.78, 5) is 0. The van der Waals surface area contributed by atoms with Crippen LogP contribution in [0.15, 0.2) is 206 Å². The third-order valence-electron chi connectivity index (χ3n) is 11.8. The van der Waals surface area contributed by atoms with E-state index in [2.05, 4.69) is 215 Å². The first-order valence-corrected chi connectivity index (χ1v) is 20.3. The number of fused-ring (bicyclic) bond motifs is 9. The van der Waals surface area contributed by atoms with Crippen molar-refractivity contribution in [2.24, 2.45) is 0 Å². The predicted molar refractivity (Wildman–Crippen MR) is 244 cm³/mol. The first-order chi connectivity index (χ1) is 28.3. The molecule has 9 aromatic carbocycles. The zero-order valence-electron chi connectivity index (χ0n) is 30.9. The Bertz CT molecular complexity index is 3490. The van der Waals surface area contributed by atoms with E-state index in [4.69, 9.17) is 0 Å². The molecule has 57 heavy (non-hydrogen) atoms. The summed E-state index contributed by atoms with van der Waals surface area (Å²) in [6.07, 6.45) is 0. The van der Waals surface area contributed by atoms with Crippen LogP contribution in [-0.2, 0) is 0 Å². The third kappa shape index (κ3) is 5.03. The maximum absolute atomic E-state index is 2.46. The van der Waals surface area contributed by atoms with Crippen molar-refractivity contribution in [3.05, 3.63) is 206 Å². The van der Waals surface area contributed by atoms with Crippen LogP contribution >= 0.6 is 11.3 Å². The van der Waals surface area contributed by atoms with Crippen molar-refractivity contribution in [2.45, 2.75) is 0 Å². The van der Waals surface area contributed by atoms with E-state index in [-0.39, 0.29) is 0 Å². The van der Waals surface area contributed by atoms with Gasteiger partial charge in [-0.3, -0.25) is 0 Å². The number of thiophene rings is 1. The highest BCUT2D eigenvalue weighted by Crippen LogP contribution is 2.42. The Morgan fingerprint density at radius 1 is 0.281 bits per heavy atom. The molecular weight excluding hydrogens is 709 g/mol. The second-order valence-electron chi connectivity index (χ2n) is 14.9. The lowest BCUT2D eigenvalue weighted by atomic mass is 9.98. The highest BCUT2D eigenvalue weighted by atomic mass is 32.1. The molecule has 12 aromatic rings. The SMILES string of the molecule is c1ccc(-c2ccc(-n3c4ccccc4c4cc(-c5ccc(-c6ccc7c(c6)c6ccccc6n7-c6cccc7c6sc6ccccc67)cc5)ccc43)cc2)cc1. The van der Waals surface area contributed by atoms with Crippen LogP contribution in [0, 0.1) is 0 Å². The highest BCUT2D eigenvalue weighted by Gasteiger charge is 2.18. The number of benzene rings is 9. The summed E-state index contributed by atoms with van der Waals surface area (Å²) in [5.74, 6) is 0. The molecule has 0 fully saturated rings. The van der Waals surface area contributed by atoms with Gasteiger partial charge in [-0.1, -0.05) is 146 Å². The standard InChI is InChI=1S/C54H34N2S/c1-2-11-35(12-3-1)36-25-29-41(30-26-36)55-48-17-7-4-13-42(48)46-33-39(27-31-50(46)55)37-21-23-38(24-22-37)40-28-32-51-47(34-40)43-14-5-8-18-49(43)56(51)52-19-10-16-45-44-15-6-9-20-53(44)57-54(45)52/h1-34H. The molecule has 0 amide bonds. The Morgan fingerprint density at radius 3 is 1.40 bits per heavy atom. The van der Waals surface area contributed by atoms with Gasteiger partial charge in [0, 0.05) is 42.7 Å². The van der Waals surface area contributed by atoms with E-state index in [1.807, 2.05) is 11.3 Å². The summed E-state index contributed by atoms with van der Waals surface area (Å²) >= 11 is 1.88. The minimum absolute atomic E-state index is 1.16. The summed E-state index contributed by atoms with van der Waals surface area (Å²) in [7, 11) is 0. The molecule has 2 nitrogen and oxygen atoms in total. The zero-order valence-corrected chi connectivity index (χ0v) is 31.7. The molecule has 0 radical (unpaired) electrons. The topological polar surface area (TPSA) is 9.86 Å². The summed E-state index contributed by atoms with van der Waals surface area (Å²) in [5.41, 5.74) is 14.6. The van der Waals surface area contributed by atoms with Gasteiger partial charge in [0.1, 0.15) is 0 Å². The van der Waals surface area contributed by atoms with Crippen LogP contribution in [0.3, 0.4) is 0 Å². The van der Waals surface area contributed by atoms with Crippen LogP contribution in [0.4, 0.5) is 0 Å². The Balaban J connectivity index is 0.919. The molecular formula is C54H34N2S. The van der Waals surface area contributed by atoms with Crippen LogP contribution in [-0.4, -0.2) is 9.13 Å². The number of rotatable bonds is 5. The molecule has 3 heterocycles. The maximum Gasteiger partial charge on any atom is 0.0640 e. The molecule has 12 rings (SSSR count). The lowest BCUT2D eigenvalue weighted by Gasteiger charge is -2.10. The fraction of sp³-hybridized carbons (Fsp3) is 0. The van der Waals surface area contributed by atoms with Gasteiger partial charge >= 0.3 is 0 Å². The predicted octanol–water partition coefficient (Wildman–Crippen LogP) is 15.2. The molecule has 3 heteroatoms. The van der Waals surface area contributed by atoms with Crippen molar-refractivity contribution < 1.29 is 0 Å². The first kappa shape index (κ1) is 32.1. The van der Waals surface area contributed by atoms with Crippen molar-refractivity contribution in [3.63, 3.8) is 0 Å². The minimum atomic E-state index is 1.16. The second kappa shape index (κ2) is 12.7. The van der Waals surface area contributed by atoms with Gasteiger partial charge < -0.3 is 9.13 Å². The normalized spacial score (nSPS) is 11.9. The van der Waals surface area contributed by atoms with Crippen LogP contribution in [0.2, 0.25) is 0 Å². The lowest BCUT2D eigenvalue weighted by molar-refractivity contribution is 1.18. The molecule has 3 aromatic heterocycles. The molecule has 0 N–H and O–H groups in total. The Hall–Kier alpha value is -7.20. The van der Waals surface area contributed by atoms with Gasteiger partial charge in [0.05, 0.1) is 32.5 Å². The monoisotopic (exact) mass is 742 g/mol. The van der Waals surface area contributed by atoms with E-state index in [0.29, 0.717) is 0 Å². The molecule has 0 aliphatic heterocycles. The average molecular weight is 743 g/mol. The molecule has 0 bridgehead atoms. The molecule has 0 atom stereocenters. The zero-order chi connectivity index (χ0) is 37.5. The van der Waals surface area contributed by atoms with Gasteiger partial charge in [-0.25, -0.2) is 0 Å². The quantitative estimate of drug-likeness (QED) is 0.166. The lowest BCUT2D eigenvalue weighted by Crippen LogP contribution is -1.93. The van der Waals surface area contributed by atoms with Gasteiger partial charge in [-0.15, -0.1) is 11.3 Å². The smallest absolute Gasteiger partial charge is 0.0640 e. The minimum Gasteiger partial charge on any atom is -0.309 e. The van der Waals surface area contributed by atoms with Crippen molar-refractivity contribution in [2.75, 3.05) is 0 Å². The molecule has 0 unspecified atom stereocenters. The van der Waals surface area contributed by atoms with E-state index in [1.165, 1.54) is 103 Å². The summed E-state index contributed by atoms with van der Waals surface area (Å²) in [5, 5.41) is 7.68. The van der Waals surface area contributed by atoms with Crippen LogP contribution in [0.1, 0.15) is 0 Å². The molecule has 0 saturated carbocycles. The Labute approximate surface area is 333 Å². The van der Waals surface area contributed by atoms with E-state index in [1.54, 1.807) is 0 Å². The van der Waals surface area contributed by atoms with Crippen LogP contribution < -0.4 is 0 Å². The number of hydrogen-bond acceptors (Lipinski definition) is 1. The van der Waals surface area contributed by atoms with Gasteiger partial charge in [-0.2, -0.15) is 0 Å². The molecule has 0 spiro atoms. The number of aromatic nitrogens is 2. The molecule has 0 aliphatic carbocycles. The van der Waals surface area contributed by atoms with E-state index >= 15 is 0 Å². The van der Waals surface area contributed by atoms with Gasteiger partial charge in [-0.05, 0) is 94.0 Å². The van der Waals surface area contributed by atoms with Gasteiger partial charge in [0.25, 0.3) is 0 Å². The van der Waals surface area contributed by atoms with Gasteiger partial charge in [0.2, 0.25) is 0 Å². The van der Waals surface area contributed by atoms with E-state index < -0.39 is 0 Å². The van der Waals surface area contributed by atoms with Crippen LogP contribution in [0.5, 0.6) is 0 Å². The van der Waals surface area contributed by atoms with Crippen molar-refractivity contribution in [3.8, 4) is 44.8 Å². The second-order valence-corrected chi connectivity index (χ2v) is 16.0. The fourth-order valence-corrected chi connectivity index (χ4v) is 10.2. The van der Waals surface area contributed by atoms with Crippen molar-refractivity contribution in [1.82, 2.24) is 9.13 Å². The number of nitrogens with zero attached hydrogens (tertiary/aromatic N) is 2. The average Bonchev–Trinajstić information content (AvgIpc) is 3.94. The number of para-hydroxylation sites is 2. The first-order valence-electron chi connectivity index (χ1n) is 19.5. The molecule has 266 valence electrons. The highest BCUT2D eigenvalue weighted by molar-refractivity contribution is 7.26. The summed E-state index contributed by atoms with van der Waals surface area (Å²) in [6, 6.07) is 75.5. The summed E-state index contributed by atoms with van der Waals surface area (Å²) < 4.78 is 7.49. The Kier molecular flexibility index (Phi) is 7.13. The Morgan fingerprint density at radius 2 is 0.737 bits per heavy atom. The van der Waals surface area contributed by atoms with Crippen molar-refractivity contribution >= 4 is 75.1 Å². The number of hydrogen-bond donors (Lipinski definition) is 0. The van der Waals surface area contributed by atoms with E-state index in [9.17, 15) is 0 Å².